The van der Waals surface area contributed by atoms with E-state index in [0.717, 1.165) is 35.2 Å². The van der Waals surface area contributed by atoms with Crippen molar-refractivity contribution in [3.63, 3.8) is 0 Å². The van der Waals surface area contributed by atoms with Crippen molar-refractivity contribution in [3.05, 3.63) is 16.9 Å². The van der Waals surface area contributed by atoms with Gasteiger partial charge < -0.3 is 9.72 Å². The summed E-state index contributed by atoms with van der Waals surface area (Å²) in [6.07, 6.45) is 3.29. The van der Waals surface area contributed by atoms with Gasteiger partial charge in [0.1, 0.15) is 0 Å². The highest BCUT2D eigenvalue weighted by molar-refractivity contribution is 7.71. The summed E-state index contributed by atoms with van der Waals surface area (Å²) in [5.74, 6) is 0.622. The molecule has 2 aromatic heterocycles. The van der Waals surface area contributed by atoms with Gasteiger partial charge in [-0.15, -0.1) is 0 Å². The number of nitrogens with one attached hydrogen (secondary N) is 1. The Morgan fingerprint density at radius 3 is 2.83 bits per heavy atom. The fourth-order valence-electron chi connectivity index (χ4n) is 2.29. The van der Waals surface area contributed by atoms with E-state index < -0.39 is 0 Å². The van der Waals surface area contributed by atoms with E-state index in [9.17, 15) is 0 Å². The minimum atomic E-state index is 0.399. The molecule has 1 unspecified atom stereocenters. The summed E-state index contributed by atoms with van der Waals surface area (Å²) in [6, 6.07) is 4.21. The molecule has 0 radical (unpaired) electrons. The molecule has 0 spiro atoms. The predicted molar refractivity (Wildman–Crippen MR) is 75.7 cm³/mol. The second-order valence-corrected chi connectivity index (χ2v) is 4.76. The lowest BCUT2D eigenvalue weighted by Gasteiger charge is -2.16. The number of methoxy groups -OCH3 is 1. The Labute approximate surface area is 112 Å². The van der Waals surface area contributed by atoms with Crippen LogP contribution in [0.4, 0.5) is 0 Å². The monoisotopic (exact) mass is 265 g/mol. The number of hydrogen-bond donors (Lipinski definition) is 1. The Bertz CT molecular complexity index is 587. The molecule has 4 nitrogen and oxygen atoms in total. The van der Waals surface area contributed by atoms with Gasteiger partial charge in [0.05, 0.1) is 12.6 Å². The predicted octanol–water partition coefficient (Wildman–Crippen LogP) is 3.85. The van der Waals surface area contributed by atoms with Gasteiger partial charge >= 0.3 is 0 Å². The number of aromatic nitrogens is 3. The minimum Gasteiger partial charge on any atom is -0.481 e. The van der Waals surface area contributed by atoms with Crippen LogP contribution in [0.1, 0.15) is 39.2 Å². The van der Waals surface area contributed by atoms with Crippen LogP contribution in [0.2, 0.25) is 0 Å². The molecule has 0 aliphatic carbocycles. The molecule has 0 aromatic carbocycles. The van der Waals surface area contributed by atoms with Gasteiger partial charge in [-0.05, 0) is 31.1 Å². The Morgan fingerprint density at radius 2 is 2.22 bits per heavy atom. The van der Waals surface area contributed by atoms with Crippen LogP contribution in [0.25, 0.3) is 11.2 Å². The summed E-state index contributed by atoms with van der Waals surface area (Å²) < 4.78 is 8.05. The van der Waals surface area contributed by atoms with Crippen LogP contribution in [0, 0.1) is 4.77 Å². The number of pyridine rings is 1. The number of fused-ring (bicyclic) bond motifs is 1. The summed E-state index contributed by atoms with van der Waals surface area (Å²) in [5, 5.41) is 0. The van der Waals surface area contributed by atoms with E-state index in [1.165, 1.54) is 0 Å². The maximum absolute atomic E-state index is 5.42. The molecule has 0 aliphatic heterocycles. The number of nitrogens with zero attached hydrogens (tertiary/aromatic N) is 2. The first kappa shape index (κ1) is 13.1. The van der Waals surface area contributed by atoms with Gasteiger partial charge in [0.15, 0.2) is 10.4 Å². The van der Waals surface area contributed by atoms with Crippen molar-refractivity contribution in [2.45, 2.75) is 39.2 Å². The van der Waals surface area contributed by atoms with E-state index in [1.54, 1.807) is 7.11 Å². The van der Waals surface area contributed by atoms with Crippen LogP contribution >= 0.6 is 12.2 Å². The number of hydrogen-bond acceptors (Lipinski definition) is 3. The van der Waals surface area contributed by atoms with Crippen LogP contribution in [0.15, 0.2) is 12.1 Å². The van der Waals surface area contributed by atoms with Crippen LogP contribution in [0.3, 0.4) is 0 Å². The molecule has 0 fully saturated rings. The van der Waals surface area contributed by atoms with Gasteiger partial charge in [-0.1, -0.05) is 20.3 Å². The summed E-state index contributed by atoms with van der Waals surface area (Å²) in [5.41, 5.74) is 1.86. The van der Waals surface area contributed by atoms with Crippen molar-refractivity contribution in [1.82, 2.24) is 14.5 Å². The maximum atomic E-state index is 5.42. The SMILES string of the molecule is CCCC(CC)n1c(=S)[nH]c2ccc(OC)nc21. The molecule has 0 amide bonds. The molecule has 0 bridgehead atoms. The zero-order valence-electron chi connectivity index (χ0n) is 11.1. The van der Waals surface area contributed by atoms with Gasteiger partial charge in [0.25, 0.3) is 0 Å². The lowest BCUT2D eigenvalue weighted by atomic mass is 10.1. The van der Waals surface area contributed by atoms with Crippen molar-refractivity contribution in [2.75, 3.05) is 7.11 Å². The highest BCUT2D eigenvalue weighted by atomic mass is 32.1. The Hall–Kier alpha value is -1.36. The van der Waals surface area contributed by atoms with Crippen LogP contribution in [-0.2, 0) is 0 Å². The standard InChI is InChI=1S/C13H19N3OS/c1-4-6-9(5-2)16-12-10(14-13(16)18)7-8-11(15-12)17-3/h7-9H,4-6H2,1-3H3,(H,14,18). The molecule has 1 atom stereocenters. The third-order valence-corrected chi connectivity index (χ3v) is 3.50. The maximum Gasteiger partial charge on any atom is 0.215 e. The highest BCUT2D eigenvalue weighted by Gasteiger charge is 2.14. The number of aromatic amines is 1. The first-order valence-electron chi connectivity index (χ1n) is 6.36. The smallest absolute Gasteiger partial charge is 0.215 e. The van der Waals surface area contributed by atoms with Crippen molar-refractivity contribution in [3.8, 4) is 5.88 Å². The molecule has 2 rings (SSSR count). The molecular formula is C13H19N3OS. The number of H-pyrrole nitrogens is 1. The van der Waals surface area contributed by atoms with E-state index in [4.69, 9.17) is 17.0 Å². The van der Waals surface area contributed by atoms with E-state index in [2.05, 4.69) is 28.4 Å². The lowest BCUT2D eigenvalue weighted by molar-refractivity contribution is 0.397. The molecule has 0 aliphatic rings. The molecule has 1 N–H and O–H groups in total. The zero-order chi connectivity index (χ0) is 13.1. The largest absolute Gasteiger partial charge is 0.481 e. The molecular weight excluding hydrogens is 246 g/mol. The second-order valence-electron chi connectivity index (χ2n) is 4.38. The van der Waals surface area contributed by atoms with Gasteiger partial charge in [-0.3, -0.25) is 4.57 Å². The van der Waals surface area contributed by atoms with Crippen molar-refractivity contribution >= 4 is 23.4 Å². The fraction of sp³-hybridized carbons (Fsp3) is 0.538. The average molecular weight is 265 g/mol. The van der Waals surface area contributed by atoms with Gasteiger partial charge in [0.2, 0.25) is 5.88 Å². The topological polar surface area (TPSA) is 42.8 Å². The first-order chi connectivity index (χ1) is 8.71. The molecule has 5 heteroatoms. The zero-order valence-corrected chi connectivity index (χ0v) is 11.9. The average Bonchev–Trinajstić information content (AvgIpc) is 2.71. The Morgan fingerprint density at radius 1 is 1.44 bits per heavy atom. The van der Waals surface area contributed by atoms with Gasteiger partial charge in [-0.25, -0.2) is 0 Å². The molecule has 2 heterocycles. The summed E-state index contributed by atoms with van der Waals surface area (Å²) >= 11 is 5.42. The molecule has 0 saturated carbocycles. The third kappa shape index (κ3) is 2.27. The van der Waals surface area contributed by atoms with Crippen LogP contribution in [-0.4, -0.2) is 21.6 Å². The molecule has 98 valence electrons. The Kier molecular flexibility index (Phi) is 4.01. The first-order valence-corrected chi connectivity index (χ1v) is 6.77. The minimum absolute atomic E-state index is 0.399. The van der Waals surface area contributed by atoms with Crippen molar-refractivity contribution in [2.24, 2.45) is 0 Å². The third-order valence-electron chi connectivity index (χ3n) is 3.21. The van der Waals surface area contributed by atoms with Gasteiger partial charge in [0, 0.05) is 12.1 Å². The van der Waals surface area contributed by atoms with Gasteiger partial charge in [-0.2, -0.15) is 4.98 Å². The number of imidazole rings is 1. The Balaban J connectivity index is 2.60. The molecule has 18 heavy (non-hydrogen) atoms. The number of rotatable bonds is 5. The quantitative estimate of drug-likeness (QED) is 0.835. The molecule has 2 aromatic rings. The highest BCUT2D eigenvalue weighted by Crippen LogP contribution is 2.25. The van der Waals surface area contributed by atoms with Crippen molar-refractivity contribution < 1.29 is 4.74 Å². The van der Waals surface area contributed by atoms with E-state index >= 15 is 0 Å². The van der Waals surface area contributed by atoms with E-state index in [1.807, 2.05) is 12.1 Å². The molecule has 0 saturated heterocycles. The fourth-order valence-corrected chi connectivity index (χ4v) is 2.63. The van der Waals surface area contributed by atoms with E-state index in [0.29, 0.717) is 11.9 Å². The van der Waals surface area contributed by atoms with Crippen LogP contribution < -0.4 is 4.74 Å². The number of ether oxygens (including phenoxy) is 1. The van der Waals surface area contributed by atoms with Crippen molar-refractivity contribution in [1.29, 1.82) is 0 Å². The van der Waals surface area contributed by atoms with Crippen LogP contribution in [0.5, 0.6) is 5.88 Å². The summed E-state index contributed by atoms with van der Waals surface area (Å²) in [6.45, 7) is 4.37. The summed E-state index contributed by atoms with van der Waals surface area (Å²) in [7, 11) is 1.63. The normalized spacial score (nSPS) is 12.8. The lowest BCUT2D eigenvalue weighted by Crippen LogP contribution is -2.08. The second kappa shape index (κ2) is 5.52. The summed E-state index contributed by atoms with van der Waals surface area (Å²) in [4.78, 5) is 7.72. The van der Waals surface area contributed by atoms with E-state index in [-0.39, 0.29) is 0 Å².